The fourth-order valence-corrected chi connectivity index (χ4v) is 1.70. The van der Waals surface area contributed by atoms with E-state index in [2.05, 4.69) is 6.58 Å². The molecule has 0 unspecified atom stereocenters. The molecule has 1 aromatic carbocycles. The number of ether oxygens (including phenoxy) is 2. The molecule has 0 fully saturated rings. The van der Waals surface area contributed by atoms with Crippen molar-refractivity contribution >= 4 is 0 Å². The SMILES string of the molecule is C=CCC[C@H](N)c1cccc2c1OCO2. The average molecular weight is 205 g/mol. The molecule has 1 atom stereocenters. The molecule has 1 aliphatic heterocycles. The van der Waals surface area contributed by atoms with Crippen molar-refractivity contribution in [2.24, 2.45) is 5.73 Å². The van der Waals surface area contributed by atoms with E-state index in [1.54, 1.807) is 0 Å². The minimum absolute atomic E-state index is 0.0142. The predicted octanol–water partition coefficient (Wildman–Crippen LogP) is 2.38. The Bertz CT molecular complexity index is 363. The van der Waals surface area contributed by atoms with Crippen molar-refractivity contribution in [3.63, 3.8) is 0 Å². The first kappa shape index (κ1) is 10.1. The Balaban J connectivity index is 2.20. The summed E-state index contributed by atoms with van der Waals surface area (Å²) in [5, 5.41) is 0. The molecule has 0 amide bonds. The van der Waals surface area contributed by atoms with E-state index in [1.165, 1.54) is 0 Å². The zero-order chi connectivity index (χ0) is 10.7. The maximum Gasteiger partial charge on any atom is 0.231 e. The van der Waals surface area contributed by atoms with Crippen LogP contribution in [-0.4, -0.2) is 6.79 Å². The summed E-state index contributed by atoms with van der Waals surface area (Å²) in [4.78, 5) is 0. The fourth-order valence-electron chi connectivity index (χ4n) is 1.70. The van der Waals surface area contributed by atoms with Crippen molar-refractivity contribution in [3.8, 4) is 11.5 Å². The first-order valence-electron chi connectivity index (χ1n) is 5.08. The fraction of sp³-hybridized carbons (Fsp3) is 0.333. The van der Waals surface area contributed by atoms with Crippen LogP contribution in [0.15, 0.2) is 30.9 Å². The first-order chi connectivity index (χ1) is 7.33. The van der Waals surface area contributed by atoms with E-state index < -0.39 is 0 Å². The van der Waals surface area contributed by atoms with Crippen molar-refractivity contribution in [2.75, 3.05) is 6.79 Å². The van der Waals surface area contributed by atoms with E-state index in [4.69, 9.17) is 15.2 Å². The molecule has 3 nitrogen and oxygen atoms in total. The second kappa shape index (κ2) is 4.36. The van der Waals surface area contributed by atoms with Crippen LogP contribution >= 0.6 is 0 Å². The Morgan fingerprint density at radius 3 is 3.13 bits per heavy atom. The molecule has 80 valence electrons. The lowest BCUT2D eigenvalue weighted by atomic mass is 10.0. The van der Waals surface area contributed by atoms with E-state index in [9.17, 15) is 0 Å². The summed E-state index contributed by atoms with van der Waals surface area (Å²) in [5.74, 6) is 1.59. The number of hydrogen-bond acceptors (Lipinski definition) is 3. The number of benzene rings is 1. The zero-order valence-corrected chi connectivity index (χ0v) is 8.61. The normalized spacial score (nSPS) is 15.0. The van der Waals surface area contributed by atoms with Gasteiger partial charge in [0, 0.05) is 11.6 Å². The molecule has 1 aliphatic rings. The Morgan fingerprint density at radius 1 is 1.47 bits per heavy atom. The number of hydrogen-bond donors (Lipinski definition) is 1. The van der Waals surface area contributed by atoms with Crippen molar-refractivity contribution in [2.45, 2.75) is 18.9 Å². The van der Waals surface area contributed by atoms with Crippen molar-refractivity contribution in [1.29, 1.82) is 0 Å². The smallest absolute Gasteiger partial charge is 0.231 e. The molecule has 1 heterocycles. The summed E-state index contributed by atoms with van der Waals surface area (Å²) < 4.78 is 10.7. The number of para-hydroxylation sites is 1. The molecular formula is C12H15NO2. The van der Waals surface area contributed by atoms with Gasteiger partial charge >= 0.3 is 0 Å². The van der Waals surface area contributed by atoms with Gasteiger partial charge in [-0.05, 0) is 18.9 Å². The largest absolute Gasteiger partial charge is 0.454 e. The van der Waals surface area contributed by atoms with E-state index in [0.717, 1.165) is 29.9 Å². The van der Waals surface area contributed by atoms with Gasteiger partial charge in [0.25, 0.3) is 0 Å². The van der Waals surface area contributed by atoms with E-state index in [0.29, 0.717) is 6.79 Å². The predicted molar refractivity (Wildman–Crippen MR) is 58.9 cm³/mol. The Hall–Kier alpha value is -1.48. The summed E-state index contributed by atoms with van der Waals surface area (Å²) >= 11 is 0. The van der Waals surface area contributed by atoms with Crippen LogP contribution < -0.4 is 15.2 Å². The Morgan fingerprint density at radius 2 is 2.33 bits per heavy atom. The quantitative estimate of drug-likeness (QED) is 0.767. The molecule has 0 bridgehead atoms. The molecule has 0 saturated heterocycles. The average Bonchev–Trinajstić information content (AvgIpc) is 2.73. The molecular weight excluding hydrogens is 190 g/mol. The van der Waals surface area contributed by atoms with Gasteiger partial charge in [-0.25, -0.2) is 0 Å². The summed E-state index contributed by atoms with van der Waals surface area (Å²) in [7, 11) is 0. The zero-order valence-electron chi connectivity index (χ0n) is 8.61. The van der Waals surface area contributed by atoms with E-state index in [1.807, 2.05) is 24.3 Å². The number of nitrogens with two attached hydrogens (primary N) is 1. The van der Waals surface area contributed by atoms with Gasteiger partial charge in [0.05, 0.1) is 0 Å². The Kier molecular flexibility index (Phi) is 2.92. The lowest BCUT2D eigenvalue weighted by Crippen LogP contribution is -2.10. The van der Waals surface area contributed by atoms with Crippen LogP contribution in [0.4, 0.5) is 0 Å². The molecule has 0 spiro atoms. The van der Waals surface area contributed by atoms with E-state index in [-0.39, 0.29) is 6.04 Å². The maximum absolute atomic E-state index is 6.07. The second-order valence-electron chi connectivity index (χ2n) is 3.55. The highest BCUT2D eigenvalue weighted by Gasteiger charge is 2.20. The molecule has 2 rings (SSSR count). The highest BCUT2D eigenvalue weighted by atomic mass is 16.7. The highest BCUT2D eigenvalue weighted by molar-refractivity contribution is 5.49. The van der Waals surface area contributed by atoms with Gasteiger partial charge in [-0.15, -0.1) is 6.58 Å². The van der Waals surface area contributed by atoms with Crippen LogP contribution in [0.25, 0.3) is 0 Å². The molecule has 1 aromatic rings. The van der Waals surface area contributed by atoms with Crippen LogP contribution in [0.1, 0.15) is 24.4 Å². The van der Waals surface area contributed by atoms with Gasteiger partial charge in [0.1, 0.15) is 0 Å². The second-order valence-corrected chi connectivity index (χ2v) is 3.55. The summed E-state index contributed by atoms with van der Waals surface area (Å²) in [6.45, 7) is 3.98. The molecule has 2 N–H and O–H groups in total. The summed E-state index contributed by atoms with van der Waals surface area (Å²) in [6.07, 6.45) is 3.66. The van der Waals surface area contributed by atoms with Gasteiger partial charge in [0.15, 0.2) is 11.5 Å². The molecule has 3 heteroatoms. The maximum atomic E-state index is 6.07. The van der Waals surface area contributed by atoms with Crippen LogP contribution in [0.5, 0.6) is 11.5 Å². The number of rotatable bonds is 4. The Labute approximate surface area is 89.5 Å². The van der Waals surface area contributed by atoms with Gasteiger partial charge in [0.2, 0.25) is 6.79 Å². The van der Waals surface area contributed by atoms with E-state index >= 15 is 0 Å². The van der Waals surface area contributed by atoms with Gasteiger partial charge in [-0.2, -0.15) is 0 Å². The van der Waals surface area contributed by atoms with Gasteiger partial charge in [-0.1, -0.05) is 18.2 Å². The third-order valence-corrected chi connectivity index (χ3v) is 2.51. The van der Waals surface area contributed by atoms with Crippen LogP contribution in [0.2, 0.25) is 0 Å². The third-order valence-electron chi connectivity index (χ3n) is 2.51. The standard InChI is InChI=1S/C12H15NO2/c1-2-3-6-10(13)9-5-4-7-11-12(9)15-8-14-11/h2,4-5,7,10H,1,3,6,8,13H2/t10-/m0/s1. The van der Waals surface area contributed by atoms with Gasteiger partial charge < -0.3 is 15.2 Å². The lowest BCUT2D eigenvalue weighted by Gasteiger charge is -2.12. The van der Waals surface area contributed by atoms with Crippen LogP contribution in [0, 0.1) is 0 Å². The van der Waals surface area contributed by atoms with Crippen molar-refractivity contribution in [1.82, 2.24) is 0 Å². The minimum atomic E-state index is -0.0142. The summed E-state index contributed by atoms with van der Waals surface area (Å²) in [5.41, 5.74) is 7.09. The highest BCUT2D eigenvalue weighted by Crippen LogP contribution is 2.38. The third kappa shape index (κ3) is 1.97. The molecule has 0 aliphatic carbocycles. The number of fused-ring (bicyclic) bond motifs is 1. The first-order valence-corrected chi connectivity index (χ1v) is 5.08. The van der Waals surface area contributed by atoms with Crippen molar-refractivity contribution in [3.05, 3.63) is 36.4 Å². The topological polar surface area (TPSA) is 44.5 Å². The summed E-state index contributed by atoms with van der Waals surface area (Å²) in [6, 6.07) is 5.81. The number of allylic oxidation sites excluding steroid dienone is 1. The minimum Gasteiger partial charge on any atom is -0.454 e. The monoisotopic (exact) mass is 205 g/mol. The van der Waals surface area contributed by atoms with Crippen LogP contribution in [0.3, 0.4) is 0 Å². The molecule has 0 saturated carbocycles. The van der Waals surface area contributed by atoms with Gasteiger partial charge in [-0.3, -0.25) is 0 Å². The van der Waals surface area contributed by atoms with Crippen molar-refractivity contribution < 1.29 is 9.47 Å². The van der Waals surface area contributed by atoms with Crippen LogP contribution in [-0.2, 0) is 0 Å². The lowest BCUT2D eigenvalue weighted by molar-refractivity contribution is 0.173. The molecule has 0 radical (unpaired) electrons. The molecule has 0 aromatic heterocycles. The molecule has 15 heavy (non-hydrogen) atoms.